The summed E-state index contributed by atoms with van der Waals surface area (Å²) in [5, 5.41) is 3.69. The molecule has 0 spiro atoms. The Hall–Kier alpha value is -0.760. The number of rotatable bonds is 7. The highest BCUT2D eigenvalue weighted by atomic mass is 16.3. The molecule has 1 heterocycles. The highest BCUT2D eigenvalue weighted by Crippen LogP contribution is 2.38. The normalized spacial score (nSPS) is 19.6. The van der Waals surface area contributed by atoms with Gasteiger partial charge in [-0.1, -0.05) is 13.8 Å². The maximum Gasteiger partial charge on any atom is 0.0935 e. The van der Waals surface area contributed by atoms with Crippen molar-refractivity contribution in [2.75, 3.05) is 6.54 Å². The van der Waals surface area contributed by atoms with E-state index in [0.717, 1.165) is 24.8 Å². The summed E-state index contributed by atoms with van der Waals surface area (Å²) in [6.45, 7) is 5.74. The predicted molar refractivity (Wildman–Crippen MR) is 66.4 cm³/mol. The molecule has 1 aliphatic carbocycles. The Morgan fingerprint density at radius 2 is 2.31 bits per heavy atom. The van der Waals surface area contributed by atoms with E-state index < -0.39 is 0 Å². The van der Waals surface area contributed by atoms with Gasteiger partial charge in [0.2, 0.25) is 0 Å². The zero-order valence-corrected chi connectivity index (χ0v) is 10.4. The zero-order valence-electron chi connectivity index (χ0n) is 10.4. The fourth-order valence-electron chi connectivity index (χ4n) is 2.39. The number of nitrogens with one attached hydrogen (secondary N) is 1. The Bertz CT molecular complexity index is 290. The average molecular weight is 221 g/mol. The summed E-state index contributed by atoms with van der Waals surface area (Å²) in [5.41, 5.74) is 1.32. The second kappa shape index (κ2) is 5.53. The van der Waals surface area contributed by atoms with Crippen molar-refractivity contribution >= 4 is 0 Å². The standard InChI is InChI=1S/C14H23NO/c1-3-7-15-14(11(2)13-4-5-13)9-12-6-8-16-10-12/h6,8,10-11,13-15H,3-5,7,9H2,1-2H3. The number of hydrogen-bond acceptors (Lipinski definition) is 2. The van der Waals surface area contributed by atoms with Crippen molar-refractivity contribution in [3.8, 4) is 0 Å². The van der Waals surface area contributed by atoms with Crippen LogP contribution >= 0.6 is 0 Å². The molecular formula is C14H23NO. The van der Waals surface area contributed by atoms with Crippen LogP contribution in [0, 0.1) is 11.8 Å². The lowest BCUT2D eigenvalue weighted by Crippen LogP contribution is -2.38. The SMILES string of the molecule is CCCNC(Cc1ccoc1)C(C)C1CC1. The first-order chi connectivity index (χ1) is 7.81. The van der Waals surface area contributed by atoms with Gasteiger partial charge in [0.15, 0.2) is 0 Å². The molecule has 16 heavy (non-hydrogen) atoms. The number of furan rings is 1. The summed E-state index contributed by atoms with van der Waals surface area (Å²) in [4.78, 5) is 0. The molecule has 0 radical (unpaired) electrons. The Labute approximate surface area is 98.4 Å². The van der Waals surface area contributed by atoms with Crippen LogP contribution < -0.4 is 5.32 Å². The van der Waals surface area contributed by atoms with E-state index in [9.17, 15) is 0 Å². The lowest BCUT2D eigenvalue weighted by atomic mass is 9.92. The summed E-state index contributed by atoms with van der Waals surface area (Å²) in [7, 11) is 0. The lowest BCUT2D eigenvalue weighted by molar-refractivity contribution is 0.339. The summed E-state index contributed by atoms with van der Waals surface area (Å²) in [6.07, 6.45) is 8.81. The molecule has 0 saturated heterocycles. The van der Waals surface area contributed by atoms with Crippen LogP contribution in [0.3, 0.4) is 0 Å². The van der Waals surface area contributed by atoms with E-state index in [2.05, 4.69) is 25.2 Å². The zero-order chi connectivity index (χ0) is 11.4. The van der Waals surface area contributed by atoms with Crippen molar-refractivity contribution in [3.63, 3.8) is 0 Å². The van der Waals surface area contributed by atoms with Crippen molar-refractivity contribution in [3.05, 3.63) is 24.2 Å². The molecule has 2 heteroatoms. The van der Waals surface area contributed by atoms with Gasteiger partial charge in [0.1, 0.15) is 0 Å². The van der Waals surface area contributed by atoms with Crippen molar-refractivity contribution in [1.82, 2.24) is 5.32 Å². The van der Waals surface area contributed by atoms with Crippen LogP contribution in [0.15, 0.2) is 23.0 Å². The maximum absolute atomic E-state index is 5.15. The highest BCUT2D eigenvalue weighted by molar-refractivity contribution is 5.08. The van der Waals surface area contributed by atoms with Crippen LogP contribution in [0.1, 0.15) is 38.7 Å². The largest absolute Gasteiger partial charge is 0.472 e. The molecular weight excluding hydrogens is 198 g/mol. The van der Waals surface area contributed by atoms with Gasteiger partial charge < -0.3 is 9.73 Å². The third-order valence-electron chi connectivity index (χ3n) is 3.69. The Morgan fingerprint density at radius 1 is 1.50 bits per heavy atom. The Kier molecular flexibility index (Phi) is 4.05. The third kappa shape index (κ3) is 3.11. The molecule has 1 aliphatic rings. The van der Waals surface area contributed by atoms with E-state index in [-0.39, 0.29) is 0 Å². The first-order valence-electron chi connectivity index (χ1n) is 6.55. The Balaban J connectivity index is 1.90. The topological polar surface area (TPSA) is 25.2 Å². The van der Waals surface area contributed by atoms with E-state index >= 15 is 0 Å². The molecule has 90 valence electrons. The van der Waals surface area contributed by atoms with Gasteiger partial charge in [0.25, 0.3) is 0 Å². The molecule has 0 bridgehead atoms. The smallest absolute Gasteiger partial charge is 0.0935 e. The second-order valence-corrected chi connectivity index (χ2v) is 5.09. The molecule has 1 aromatic heterocycles. The average Bonchev–Trinajstić information content (AvgIpc) is 3.02. The Morgan fingerprint density at radius 3 is 2.88 bits per heavy atom. The van der Waals surface area contributed by atoms with E-state index in [1.165, 1.54) is 24.8 Å². The van der Waals surface area contributed by atoms with Crippen LogP contribution in [-0.2, 0) is 6.42 Å². The van der Waals surface area contributed by atoms with Gasteiger partial charge in [0.05, 0.1) is 12.5 Å². The molecule has 2 unspecified atom stereocenters. The third-order valence-corrected chi connectivity index (χ3v) is 3.69. The van der Waals surface area contributed by atoms with Gasteiger partial charge in [-0.3, -0.25) is 0 Å². The molecule has 0 amide bonds. The minimum absolute atomic E-state index is 0.616. The van der Waals surface area contributed by atoms with Gasteiger partial charge in [0, 0.05) is 6.04 Å². The quantitative estimate of drug-likeness (QED) is 0.764. The molecule has 2 nitrogen and oxygen atoms in total. The van der Waals surface area contributed by atoms with Crippen LogP contribution in [0.4, 0.5) is 0 Å². The molecule has 1 aromatic rings. The first kappa shape index (κ1) is 11.7. The van der Waals surface area contributed by atoms with E-state index in [4.69, 9.17) is 4.42 Å². The fraction of sp³-hybridized carbons (Fsp3) is 0.714. The van der Waals surface area contributed by atoms with E-state index in [0.29, 0.717) is 6.04 Å². The monoisotopic (exact) mass is 221 g/mol. The van der Waals surface area contributed by atoms with Gasteiger partial charge in [-0.15, -0.1) is 0 Å². The summed E-state index contributed by atoms with van der Waals surface area (Å²) in [6, 6.07) is 2.70. The van der Waals surface area contributed by atoms with E-state index in [1.54, 1.807) is 6.26 Å². The van der Waals surface area contributed by atoms with Crippen LogP contribution in [0.5, 0.6) is 0 Å². The minimum atomic E-state index is 0.616. The second-order valence-electron chi connectivity index (χ2n) is 5.09. The van der Waals surface area contributed by atoms with Crippen molar-refractivity contribution in [1.29, 1.82) is 0 Å². The predicted octanol–water partition coefficient (Wildman–Crippen LogP) is 3.24. The minimum Gasteiger partial charge on any atom is -0.472 e. The molecule has 2 atom stereocenters. The molecule has 2 rings (SSSR count). The van der Waals surface area contributed by atoms with Crippen LogP contribution in [-0.4, -0.2) is 12.6 Å². The summed E-state index contributed by atoms with van der Waals surface area (Å²) in [5.74, 6) is 1.75. The van der Waals surface area contributed by atoms with Crippen molar-refractivity contribution in [2.45, 2.75) is 45.6 Å². The summed E-state index contributed by atoms with van der Waals surface area (Å²) >= 11 is 0. The van der Waals surface area contributed by atoms with Gasteiger partial charge in [-0.05, 0) is 55.7 Å². The van der Waals surface area contributed by atoms with Gasteiger partial charge in [-0.25, -0.2) is 0 Å². The lowest BCUT2D eigenvalue weighted by Gasteiger charge is -2.24. The number of hydrogen-bond donors (Lipinski definition) is 1. The highest BCUT2D eigenvalue weighted by Gasteiger charge is 2.33. The maximum atomic E-state index is 5.15. The fourth-order valence-corrected chi connectivity index (χ4v) is 2.39. The molecule has 0 aliphatic heterocycles. The molecule has 0 aromatic carbocycles. The van der Waals surface area contributed by atoms with Crippen LogP contribution in [0.25, 0.3) is 0 Å². The first-order valence-corrected chi connectivity index (χ1v) is 6.55. The van der Waals surface area contributed by atoms with Crippen LogP contribution in [0.2, 0.25) is 0 Å². The van der Waals surface area contributed by atoms with Crippen molar-refractivity contribution in [2.24, 2.45) is 11.8 Å². The molecule has 1 saturated carbocycles. The summed E-state index contributed by atoms with van der Waals surface area (Å²) < 4.78 is 5.15. The van der Waals surface area contributed by atoms with Crippen molar-refractivity contribution < 1.29 is 4.42 Å². The van der Waals surface area contributed by atoms with Gasteiger partial charge in [-0.2, -0.15) is 0 Å². The molecule has 1 fully saturated rings. The van der Waals surface area contributed by atoms with E-state index in [1.807, 2.05) is 6.26 Å². The molecule has 1 N–H and O–H groups in total. The van der Waals surface area contributed by atoms with Gasteiger partial charge >= 0.3 is 0 Å².